The first-order chi connectivity index (χ1) is 10.1. The fraction of sp³-hybridized carbons (Fsp3) is 0.0714. The van der Waals surface area contributed by atoms with E-state index in [-0.39, 0.29) is 28.2 Å². The number of nitrogens with two attached hydrogens (primary N) is 1. The van der Waals surface area contributed by atoms with E-state index in [0.717, 1.165) is 5.56 Å². The van der Waals surface area contributed by atoms with Crippen LogP contribution in [0, 0.1) is 5.82 Å². The molecule has 110 valence electrons. The number of amidine groups is 1. The van der Waals surface area contributed by atoms with Crippen LogP contribution in [0.4, 0.5) is 4.39 Å². The minimum atomic E-state index is -0.662. The van der Waals surface area contributed by atoms with Gasteiger partial charge in [-0.05, 0) is 45.8 Å². The highest BCUT2D eigenvalue weighted by molar-refractivity contribution is 9.10. The van der Waals surface area contributed by atoms with Crippen LogP contribution >= 0.6 is 15.9 Å². The van der Waals surface area contributed by atoms with Gasteiger partial charge in [0.1, 0.15) is 5.75 Å². The molecule has 2 rings (SSSR count). The normalized spacial score (nSPS) is 11.5. The monoisotopic (exact) mass is 354 g/mol. The molecule has 2 aromatic carbocycles. The number of benzene rings is 2. The zero-order chi connectivity index (χ0) is 15.4. The first-order valence-electron chi connectivity index (χ1n) is 5.90. The lowest BCUT2D eigenvalue weighted by Gasteiger charge is -2.10. The third-order valence-corrected chi connectivity index (χ3v) is 3.54. The Balaban J connectivity index is 2.30. The Hall–Kier alpha value is -2.12. The minimum absolute atomic E-state index is 0.00638. The van der Waals surface area contributed by atoms with Crippen LogP contribution in [-0.4, -0.2) is 16.1 Å². The molecule has 0 spiro atoms. The van der Waals surface area contributed by atoms with E-state index in [1.807, 2.05) is 0 Å². The van der Waals surface area contributed by atoms with E-state index in [2.05, 4.69) is 21.1 Å². The quantitative estimate of drug-likeness (QED) is 0.341. The van der Waals surface area contributed by atoms with Gasteiger partial charge in [0.2, 0.25) is 0 Å². The number of nitrogens with zero attached hydrogens (tertiary/aromatic N) is 1. The number of rotatable bonds is 4. The van der Waals surface area contributed by atoms with Crippen molar-refractivity contribution in [1.82, 2.24) is 0 Å². The van der Waals surface area contributed by atoms with Gasteiger partial charge in [0.05, 0.1) is 11.1 Å². The molecule has 0 aliphatic rings. The SMILES string of the molecule is N/C(=N/O)c1ccc(Oc2ccc(CO)cc2)c(F)c1Br. The van der Waals surface area contributed by atoms with Crippen molar-refractivity contribution < 1.29 is 19.4 Å². The van der Waals surface area contributed by atoms with E-state index >= 15 is 0 Å². The van der Waals surface area contributed by atoms with Gasteiger partial charge in [-0.3, -0.25) is 0 Å². The Bertz CT molecular complexity index is 675. The molecule has 2 aromatic rings. The summed E-state index contributed by atoms with van der Waals surface area (Å²) in [6.45, 7) is -0.0747. The molecule has 0 saturated heterocycles. The summed E-state index contributed by atoms with van der Waals surface area (Å²) < 4.78 is 19.7. The summed E-state index contributed by atoms with van der Waals surface area (Å²) >= 11 is 3.05. The zero-order valence-corrected chi connectivity index (χ0v) is 12.3. The van der Waals surface area contributed by atoms with Gasteiger partial charge in [0.25, 0.3) is 0 Å². The molecule has 5 nitrogen and oxygen atoms in total. The van der Waals surface area contributed by atoms with Crippen LogP contribution in [0.3, 0.4) is 0 Å². The highest BCUT2D eigenvalue weighted by atomic mass is 79.9. The second-order valence-electron chi connectivity index (χ2n) is 4.13. The second kappa shape index (κ2) is 6.55. The standard InChI is InChI=1S/C14H12BrFN2O3/c15-12-10(14(17)18-20)5-6-11(13(12)16)21-9-3-1-8(7-19)2-4-9/h1-6,19-20H,7H2,(H2,17,18). The molecule has 0 aliphatic carbocycles. The molecule has 0 fully saturated rings. The average Bonchev–Trinajstić information content (AvgIpc) is 2.52. The molecule has 21 heavy (non-hydrogen) atoms. The molecule has 0 aliphatic heterocycles. The number of oxime groups is 1. The first kappa shape index (κ1) is 15.3. The molecule has 0 bridgehead atoms. The number of halogens is 2. The Morgan fingerprint density at radius 1 is 1.24 bits per heavy atom. The predicted molar refractivity (Wildman–Crippen MR) is 79.0 cm³/mol. The largest absolute Gasteiger partial charge is 0.454 e. The minimum Gasteiger partial charge on any atom is -0.454 e. The van der Waals surface area contributed by atoms with Gasteiger partial charge >= 0.3 is 0 Å². The summed E-state index contributed by atoms with van der Waals surface area (Å²) in [5, 5.41) is 20.4. The van der Waals surface area contributed by atoms with Crippen molar-refractivity contribution in [3.63, 3.8) is 0 Å². The number of hydrogen-bond donors (Lipinski definition) is 3. The van der Waals surface area contributed by atoms with Crippen molar-refractivity contribution in [3.8, 4) is 11.5 Å². The van der Waals surface area contributed by atoms with Gasteiger partial charge in [-0.15, -0.1) is 0 Å². The summed E-state index contributed by atoms with van der Waals surface area (Å²) in [6, 6.07) is 9.44. The van der Waals surface area contributed by atoms with Crippen LogP contribution in [0.1, 0.15) is 11.1 Å². The van der Waals surface area contributed by atoms with Crippen molar-refractivity contribution in [1.29, 1.82) is 0 Å². The average molecular weight is 355 g/mol. The topological polar surface area (TPSA) is 88.1 Å². The maximum absolute atomic E-state index is 14.2. The van der Waals surface area contributed by atoms with Gasteiger partial charge in [-0.1, -0.05) is 17.3 Å². The van der Waals surface area contributed by atoms with Gasteiger partial charge in [-0.2, -0.15) is 0 Å². The molecular weight excluding hydrogens is 343 g/mol. The Morgan fingerprint density at radius 3 is 2.48 bits per heavy atom. The lowest BCUT2D eigenvalue weighted by molar-refractivity contribution is 0.281. The molecular formula is C14H12BrFN2O3. The highest BCUT2D eigenvalue weighted by Gasteiger charge is 2.15. The number of aliphatic hydroxyl groups is 1. The van der Waals surface area contributed by atoms with Crippen LogP contribution in [-0.2, 0) is 6.61 Å². The molecule has 7 heteroatoms. The molecule has 0 heterocycles. The molecule has 0 saturated carbocycles. The second-order valence-corrected chi connectivity index (χ2v) is 4.92. The fourth-order valence-corrected chi connectivity index (χ4v) is 2.18. The van der Waals surface area contributed by atoms with Crippen LogP contribution < -0.4 is 10.5 Å². The van der Waals surface area contributed by atoms with Gasteiger partial charge in [0.15, 0.2) is 17.4 Å². The number of ether oxygens (including phenoxy) is 1. The molecule has 0 aromatic heterocycles. The van der Waals surface area contributed by atoms with E-state index in [0.29, 0.717) is 5.75 Å². The van der Waals surface area contributed by atoms with E-state index in [1.54, 1.807) is 24.3 Å². The number of hydrogen-bond acceptors (Lipinski definition) is 4. The Morgan fingerprint density at radius 2 is 1.90 bits per heavy atom. The van der Waals surface area contributed by atoms with Crippen LogP contribution in [0.5, 0.6) is 11.5 Å². The van der Waals surface area contributed by atoms with Crippen molar-refractivity contribution in [2.24, 2.45) is 10.9 Å². The molecule has 0 radical (unpaired) electrons. The summed E-state index contributed by atoms with van der Waals surface area (Å²) in [7, 11) is 0. The maximum Gasteiger partial charge on any atom is 0.180 e. The van der Waals surface area contributed by atoms with E-state index < -0.39 is 5.82 Å². The lowest BCUT2D eigenvalue weighted by Crippen LogP contribution is -2.14. The summed E-state index contributed by atoms with van der Waals surface area (Å²) in [5.41, 5.74) is 6.39. The van der Waals surface area contributed by atoms with E-state index in [4.69, 9.17) is 20.8 Å². The van der Waals surface area contributed by atoms with Crippen molar-refractivity contribution in [2.45, 2.75) is 6.61 Å². The van der Waals surface area contributed by atoms with Crippen LogP contribution in [0.15, 0.2) is 46.0 Å². The van der Waals surface area contributed by atoms with Crippen LogP contribution in [0.25, 0.3) is 0 Å². The molecule has 0 unspecified atom stereocenters. The van der Waals surface area contributed by atoms with Crippen molar-refractivity contribution in [2.75, 3.05) is 0 Å². The third-order valence-electron chi connectivity index (χ3n) is 2.76. The highest BCUT2D eigenvalue weighted by Crippen LogP contribution is 2.31. The van der Waals surface area contributed by atoms with Crippen molar-refractivity contribution >= 4 is 21.8 Å². The first-order valence-corrected chi connectivity index (χ1v) is 6.69. The van der Waals surface area contributed by atoms with E-state index in [9.17, 15) is 4.39 Å². The van der Waals surface area contributed by atoms with Gasteiger partial charge in [-0.25, -0.2) is 4.39 Å². The van der Waals surface area contributed by atoms with Crippen molar-refractivity contribution in [3.05, 3.63) is 57.8 Å². The number of aliphatic hydroxyl groups excluding tert-OH is 1. The molecule has 4 N–H and O–H groups in total. The zero-order valence-electron chi connectivity index (χ0n) is 10.8. The summed E-state index contributed by atoms with van der Waals surface area (Å²) in [6.07, 6.45) is 0. The van der Waals surface area contributed by atoms with E-state index in [1.165, 1.54) is 12.1 Å². The molecule has 0 atom stereocenters. The smallest absolute Gasteiger partial charge is 0.180 e. The fourth-order valence-electron chi connectivity index (χ4n) is 1.65. The van der Waals surface area contributed by atoms with Gasteiger partial charge < -0.3 is 20.8 Å². The maximum atomic E-state index is 14.2. The van der Waals surface area contributed by atoms with Gasteiger partial charge in [0, 0.05) is 5.56 Å². The Labute approximate surface area is 128 Å². The Kier molecular flexibility index (Phi) is 4.77. The predicted octanol–water partition coefficient (Wildman–Crippen LogP) is 2.97. The third kappa shape index (κ3) is 3.32. The summed E-state index contributed by atoms with van der Waals surface area (Å²) in [5.74, 6) is -0.451. The van der Waals surface area contributed by atoms with Crippen LogP contribution in [0.2, 0.25) is 0 Å². The molecule has 0 amide bonds. The lowest BCUT2D eigenvalue weighted by atomic mass is 10.2. The summed E-state index contributed by atoms with van der Waals surface area (Å²) in [4.78, 5) is 0.